The van der Waals surface area contributed by atoms with E-state index in [0.29, 0.717) is 11.5 Å². The lowest BCUT2D eigenvalue weighted by molar-refractivity contribution is 0.0900. The van der Waals surface area contributed by atoms with Crippen LogP contribution < -0.4 is 15.0 Å². The van der Waals surface area contributed by atoms with Gasteiger partial charge in [-0.2, -0.15) is 0 Å². The van der Waals surface area contributed by atoms with E-state index in [9.17, 15) is 9.90 Å². The van der Waals surface area contributed by atoms with Crippen molar-refractivity contribution in [2.45, 2.75) is 38.3 Å². The molecule has 0 spiro atoms. The Morgan fingerprint density at radius 1 is 1.38 bits per heavy atom. The number of aryl methyl sites for hydroxylation is 2. The predicted molar refractivity (Wildman–Crippen MR) is 114 cm³/mol. The molecule has 0 bridgehead atoms. The van der Waals surface area contributed by atoms with E-state index < -0.39 is 6.10 Å². The fourth-order valence-corrected chi connectivity index (χ4v) is 4.96. The van der Waals surface area contributed by atoms with E-state index in [1.54, 1.807) is 18.4 Å². The molecule has 2 aromatic heterocycles. The Bertz CT molecular complexity index is 1100. The molecule has 2 heterocycles. The fraction of sp³-hybridized carbons (Fsp3) is 0.364. The quantitative estimate of drug-likeness (QED) is 0.576. The van der Waals surface area contributed by atoms with Crippen molar-refractivity contribution in [3.05, 3.63) is 63.5 Å². The van der Waals surface area contributed by atoms with Gasteiger partial charge < -0.3 is 14.6 Å². The first-order valence-electron chi connectivity index (χ1n) is 9.69. The molecule has 3 aromatic rings. The van der Waals surface area contributed by atoms with E-state index in [1.807, 2.05) is 24.3 Å². The lowest BCUT2D eigenvalue weighted by Crippen LogP contribution is -2.30. The number of aliphatic hydroxyl groups is 1. The molecule has 4 rings (SSSR count). The van der Waals surface area contributed by atoms with Crippen LogP contribution in [0.1, 0.15) is 22.4 Å². The maximum absolute atomic E-state index is 12.9. The average Bonchev–Trinajstić information content (AvgIpc) is 3.30. The molecule has 1 N–H and O–H groups in total. The van der Waals surface area contributed by atoms with Gasteiger partial charge in [0.1, 0.15) is 17.5 Å². The number of allylic oxidation sites excluding steroid dienone is 1. The number of aliphatic hydroxyl groups excluding tert-OH is 1. The Balaban J connectivity index is 1.46. The Morgan fingerprint density at radius 3 is 3.03 bits per heavy atom. The van der Waals surface area contributed by atoms with Crippen molar-refractivity contribution in [1.82, 2.24) is 9.55 Å². The third-order valence-corrected chi connectivity index (χ3v) is 6.34. The van der Waals surface area contributed by atoms with E-state index in [1.165, 1.54) is 15.8 Å². The molecule has 0 amide bonds. The molecule has 1 atom stereocenters. The number of ether oxygens (including phenoxy) is 2. The lowest BCUT2D eigenvalue weighted by atomic mass is 10.1. The molecule has 1 aromatic carbocycles. The SMILES string of the molecule is C=CCc1ccc(OCC(O)Cn2cnc3sc4c(c3c2=O)CCC4)c(OC)c1. The smallest absolute Gasteiger partial charge is 0.262 e. The number of aromatic nitrogens is 2. The Morgan fingerprint density at radius 2 is 2.24 bits per heavy atom. The van der Waals surface area contributed by atoms with Gasteiger partial charge in [0.05, 0.1) is 25.4 Å². The van der Waals surface area contributed by atoms with E-state index in [2.05, 4.69) is 11.6 Å². The summed E-state index contributed by atoms with van der Waals surface area (Å²) in [6, 6.07) is 5.65. The van der Waals surface area contributed by atoms with E-state index in [4.69, 9.17) is 9.47 Å². The van der Waals surface area contributed by atoms with Crippen LogP contribution in [0.15, 0.2) is 42.0 Å². The van der Waals surface area contributed by atoms with Crippen molar-refractivity contribution in [3.63, 3.8) is 0 Å². The van der Waals surface area contributed by atoms with Crippen molar-refractivity contribution >= 4 is 21.6 Å². The molecular weight excluding hydrogens is 388 g/mol. The Kier molecular flexibility index (Phi) is 5.69. The second kappa shape index (κ2) is 8.39. The van der Waals surface area contributed by atoms with Crippen molar-refractivity contribution in [3.8, 4) is 11.5 Å². The second-order valence-corrected chi connectivity index (χ2v) is 8.27. The lowest BCUT2D eigenvalue weighted by Gasteiger charge is -2.16. The van der Waals surface area contributed by atoms with E-state index in [0.717, 1.165) is 47.0 Å². The van der Waals surface area contributed by atoms with Crippen LogP contribution in [0.2, 0.25) is 0 Å². The molecular formula is C22H24N2O4S. The highest BCUT2D eigenvalue weighted by atomic mass is 32.1. The van der Waals surface area contributed by atoms with Crippen LogP contribution >= 0.6 is 11.3 Å². The molecule has 152 valence electrons. The number of hydrogen-bond acceptors (Lipinski definition) is 6. The predicted octanol–water partition coefficient (Wildman–Crippen LogP) is 3.12. The number of thiophene rings is 1. The zero-order valence-electron chi connectivity index (χ0n) is 16.4. The first-order chi connectivity index (χ1) is 14.1. The number of hydrogen-bond donors (Lipinski definition) is 1. The largest absolute Gasteiger partial charge is 0.493 e. The fourth-order valence-electron chi connectivity index (χ4n) is 3.74. The standard InChI is InChI=1S/C22H24N2O4S/c1-3-5-14-8-9-17(18(10-14)27-2)28-12-15(25)11-24-13-23-21-20(22(24)26)16-6-4-7-19(16)29-21/h3,8-10,13,15,25H,1,4-7,11-12H2,2H3. The van der Waals surface area contributed by atoms with Crippen molar-refractivity contribution < 1.29 is 14.6 Å². The Hall–Kier alpha value is -2.64. The summed E-state index contributed by atoms with van der Waals surface area (Å²) in [5.41, 5.74) is 2.13. The molecule has 1 aliphatic rings. The van der Waals surface area contributed by atoms with E-state index >= 15 is 0 Å². The van der Waals surface area contributed by atoms with Gasteiger partial charge in [-0.3, -0.25) is 9.36 Å². The molecule has 0 fully saturated rings. The summed E-state index contributed by atoms with van der Waals surface area (Å²) in [5.74, 6) is 1.15. The van der Waals surface area contributed by atoms with Gasteiger partial charge in [-0.25, -0.2) is 4.98 Å². The van der Waals surface area contributed by atoms with Crippen LogP contribution in [-0.2, 0) is 25.8 Å². The highest BCUT2D eigenvalue weighted by Crippen LogP contribution is 2.34. The van der Waals surface area contributed by atoms with Gasteiger partial charge in [0.25, 0.3) is 5.56 Å². The van der Waals surface area contributed by atoms with Crippen LogP contribution in [0.3, 0.4) is 0 Å². The summed E-state index contributed by atoms with van der Waals surface area (Å²) in [6.07, 6.45) is 6.29. The first-order valence-corrected chi connectivity index (χ1v) is 10.5. The molecule has 29 heavy (non-hydrogen) atoms. The normalized spacial score (nSPS) is 14.0. The molecule has 7 heteroatoms. The minimum atomic E-state index is -0.851. The van der Waals surface area contributed by atoms with Crippen LogP contribution in [0.4, 0.5) is 0 Å². The van der Waals surface area contributed by atoms with E-state index in [-0.39, 0.29) is 18.7 Å². The highest BCUT2D eigenvalue weighted by Gasteiger charge is 2.22. The van der Waals surface area contributed by atoms with Crippen LogP contribution in [-0.4, -0.2) is 34.5 Å². The van der Waals surface area contributed by atoms with Crippen molar-refractivity contribution in [2.24, 2.45) is 0 Å². The number of fused-ring (bicyclic) bond motifs is 3. The molecule has 1 unspecified atom stereocenters. The average molecular weight is 413 g/mol. The zero-order chi connectivity index (χ0) is 20.4. The van der Waals surface area contributed by atoms with Crippen LogP contribution in [0.5, 0.6) is 11.5 Å². The maximum atomic E-state index is 12.9. The Labute approximate surface area is 173 Å². The molecule has 0 aliphatic heterocycles. The summed E-state index contributed by atoms with van der Waals surface area (Å²) in [4.78, 5) is 19.4. The number of rotatable bonds is 8. The van der Waals surface area contributed by atoms with Gasteiger partial charge in [0, 0.05) is 4.88 Å². The van der Waals surface area contributed by atoms with Gasteiger partial charge >= 0.3 is 0 Å². The zero-order valence-corrected chi connectivity index (χ0v) is 17.2. The molecule has 1 aliphatic carbocycles. The number of benzene rings is 1. The molecule has 0 radical (unpaired) electrons. The molecule has 0 saturated carbocycles. The van der Waals surface area contributed by atoms with Crippen LogP contribution in [0.25, 0.3) is 10.2 Å². The summed E-state index contributed by atoms with van der Waals surface area (Å²) >= 11 is 1.61. The highest BCUT2D eigenvalue weighted by molar-refractivity contribution is 7.18. The number of methoxy groups -OCH3 is 1. The van der Waals surface area contributed by atoms with Gasteiger partial charge in [-0.05, 0) is 48.9 Å². The summed E-state index contributed by atoms with van der Waals surface area (Å²) in [7, 11) is 1.58. The first kappa shape index (κ1) is 19.7. The van der Waals surface area contributed by atoms with Crippen molar-refractivity contribution in [2.75, 3.05) is 13.7 Å². The summed E-state index contributed by atoms with van der Waals surface area (Å²) in [6.45, 7) is 3.91. The summed E-state index contributed by atoms with van der Waals surface area (Å²) in [5, 5.41) is 11.2. The van der Waals surface area contributed by atoms with Gasteiger partial charge in [0.15, 0.2) is 11.5 Å². The third kappa shape index (κ3) is 3.93. The molecule has 0 saturated heterocycles. The van der Waals surface area contributed by atoms with Gasteiger partial charge in [0.2, 0.25) is 0 Å². The third-order valence-electron chi connectivity index (χ3n) is 5.14. The number of nitrogens with zero attached hydrogens (tertiary/aromatic N) is 2. The van der Waals surface area contributed by atoms with Crippen LogP contribution in [0, 0.1) is 0 Å². The minimum absolute atomic E-state index is 0.0450. The topological polar surface area (TPSA) is 73.6 Å². The second-order valence-electron chi connectivity index (χ2n) is 7.18. The van der Waals surface area contributed by atoms with Crippen molar-refractivity contribution in [1.29, 1.82) is 0 Å². The van der Waals surface area contributed by atoms with Gasteiger partial charge in [-0.15, -0.1) is 17.9 Å². The monoisotopic (exact) mass is 412 g/mol. The minimum Gasteiger partial charge on any atom is -0.493 e. The molecule has 6 nitrogen and oxygen atoms in total. The summed E-state index contributed by atoms with van der Waals surface area (Å²) < 4.78 is 12.6. The van der Waals surface area contributed by atoms with Gasteiger partial charge in [-0.1, -0.05) is 12.1 Å². The maximum Gasteiger partial charge on any atom is 0.262 e.